The van der Waals surface area contributed by atoms with Gasteiger partial charge in [0.25, 0.3) is 0 Å². The van der Waals surface area contributed by atoms with Crippen LogP contribution in [0, 0.1) is 0 Å². The first-order valence-corrected chi connectivity index (χ1v) is 18.3. The molecule has 21 unspecified atom stereocenters. The van der Waals surface area contributed by atoms with Gasteiger partial charge in [0.15, 0.2) is 31.5 Å². The van der Waals surface area contributed by atoms with Crippen molar-refractivity contribution in [1.82, 2.24) is 5.32 Å². The van der Waals surface area contributed by atoms with E-state index in [1.807, 2.05) is 0 Å². The van der Waals surface area contributed by atoms with Gasteiger partial charge in [-0.1, -0.05) is 0 Å². The van der Waals surface area contributed by atoms with Gasteiger partial charge in [-0.3, -0.25) is 4.79 Å². The molecule has 25 heteroatoms. The molecule has 5 fully saturated rings. The molecule has 5 aliphatic heterocycles. The average Bonchev–Trinajstić information content (AvgIpc) is 3.18. The lowest BCUT2D eigenvalue weighted by Gasteiger charge is -2.52. The van der Waals surface area contributed by atoms with Crippen molar-refractivity contribution in [1.29, 1.82) is 0 Å². The van der Waals surface area contributed by atoms with E-state index in [0.29, 0.717) is 0 Å². The largest absolute Gasteiger partial charge is 0.394 e. The van der Waals surface area contributed by atoms with Gasteiger partial charge in [0.1, 0.15) is 110 Å². The Hall–Kier alpha value is -1.45. The van der Waals surface area contributed by atoms with E-state index in [2.05, 4.69) is 5.32 Å². The molecule has 25 nitrogen and oxygen atoms in total. The van der Waals surface area contributed by atoms with E-state index in [4.69, 9.17) is 42.6 Å². The third-order valence-electron chi connectivity index (χ3n) is 10.6. The number of nitrogens with one attached hydrogen (secondary N) is 1. The Balaban J connectivity index is 1.56. The molecular formula is C32H55NO24. The summed E-state index contributed by atoms with van der Waals surface area (Å²) in [7, 11) is 0. The van der Waals surface area contributed by atoms with Crippen molar-refractivity contribution in [2.45, 2.75) is 174 Å². The first-order valence-electron chi connectivity index (χ1n) is 18.3. The van der Waals surface area contributed by atoms with E-state index in [9.17, 15) is 76.3 Å². The Morgan fingerprint density at radius 2 is 0.912 bits per heavy atom. The van der Waals surface area contributed by atoms with Crippen LogP contribution < -0.4 is 5.32 Å². The Labute approximate surface area is 324 Å². The molecule has 0 aromatic rings. The first-order chi connectivity index (χ1) is 26.8. The maximum atomic E-state index is 12.8. The maximum Gasteiger partial charge on any atom is 0.217 e. The van der Waals surface area contributed by atoms with Crippen molar-refractivity contribution in [2.75, 3.05) is 19.8 Å². The number of hydrogen-bond acceptors (Lipinski definition) is 24. The Bertz CT molecular complexity index is 1290. The topological polar surface area (TPSA) is 395 Å². The molecule has 0 bridgehead atoms. The predicted molar refractivity (Wildman–Crippen MR) is 175 cm³/mol. The zero-order valence-corrected chi connectivity index (χ0v) is 30.9. The van der Waals surface area contributed by atoms with Gasteiger partial charge in [-0.2, -0.15) is 0 Å². The molecule has 0 saturated carbocycles. The third-order valence-corrected chi connectivity index (χ3v) is 10.6. The minimum atomic E-state index is -2.04. The molecule has 5 aliphatic rings. The summed E-state index contributed by atoms with van der Waals surface area (Å²) in [6.07, 6.45) is -42.6. The van der Waals surface area contributed by atoms with Gasteiger partial charge in [-0.05, 0) is 13.8 Å². The smallest absolute Gasteiger partial charge is 0.217 e. The fraction of sp³-hybridized carbons (Fsp3) is 0.969. The van der Waals surface area contributed by atoms with Crippen molar-refractivity contribution < 1.29 is 119 Å². The fourth-order valence-electron chi connectivity index (χ4n) is 7.29. The zero-order chi connectivity index (χ0) is 42.2. The lowest BCUT2D eigenvalue weighted by atomic mass is 9.93. The van der Waals surface area contributed by atoms with Crippen molar-refractivity contribution in [3.05, 3.63) is 0 Å². The maximum absolute atomic E-state index is 12.8. The molecule has 0 aromatic carbocycles. The number of carbonyl (C=O) groups excluding carboxylic acids is 1. The van der Waals surface area contributed by atoms with Gasteiger partial charge >= 0.3 is 0 Å². The molecule has 5 rings (SSSR count). The Kier molecular flexibility index (Phi) is 16.0. The molecular weight excluding hydrogens is 782 g/mol. The van der Waals surface area contributed by atoms with Crippen LogP contribution in [0.4, 0.5) is 0 Å². The van der Waals surface area contributed by atoms with Gasteiger partial charge in [0, 0.05) is 6.92 Å². The highest BCUT2D eigenvalue weighted by molar-refractivity contribution is 5.73. The lowest BCUT2D eigenvalue weighted by molar-refractivity contribution is -0.397. The summed E-state index contributed by atoms with van der Waals surface area (Å²) >= 11 is 0. The molecule has 15 N–H and O–H groups in total. The Morgan fingerprint density at radius 3 is 1.42 bits per heavy atom. The van der Waals surface area contributed by atoms with Crippen LogP contribution in [0.25, 0.3) is 0 Å². The molecule has 0 spiro atoms. The molecule has 1 amide bonds. The van der Waals surface area contributed by atoms with E-state index in [-0.39, 0.29) is 0 Å². The number of amides is 1. The second-order valence-electron chi connectivity index (χ2n) is 14.7. The van der Waals surface area contributed by atoms with Crippen LogP contribution in [0.3, 0.4) is 0 Å². The van der Waals surface area contributed by atoms with Gasteiger partial charge in [-0.25, -0.2) is 0 Å². The van der Waals surface area contributed by atoms with Gasteiger partial charge in [-0.15, -0.1) is 0 Å². The monoisotopic (exact) mass is 837 g/mol. The minimum Gasteiger partial charge on any atom is -0.394 e. The number of carbonyl (C=O) groups is 1. The Morgan fingerprint density at radius 1 is 0.456 bits per heavy atom. The van der Waals surface area contributed by atoms with Crippen LogP contribution in [0.5, 0.6) is 0 Å². The molecule has 25 atom stereocenters. The number of aliphatic hydroxyl groups excluding tert-OH is 14. The summed E-state index contributed by atoms with van der Waals surface area (Å²) in [6.45, 7) is 0.922. The highest BCUT2D eigenvalue weighted by Crippen LogP contribution is 2.37. The standard InChI is InChI=1S/C32H55NO24/c1-7-14(38)18(42)21(45)30(49-7)54-24-12(6-36)53-29(56-26-17(41)11(5-35)51-28(48)23(26)47)13(33-9(3)37)25(24)55-32-27(20(44)16(40)10(4-34)52-32)57-31-22(46)19(43)15(39)8(2)50-31/h7-8,10-32,34-36,38-48H,4-6H2,1-3H3,(H,33,37)/t7?,8?,10?,11?,12?,13?,14-,15?,16+,17?,18+,19?,20?,21?,22?,23?,24+,25?,26?,27?,28?,29?,30?,31?,32?/m1/s1. The number of ether oxygens (including phenoxy) is 9. The van der Waals surface area contributed by atoms with Gasteiger partial charge in [0.05, 0.1) is 32.0 Å². The van der Waals surface area contributed by atoms with Crippen LogP contribution in [0.15, 0.2) is 0 Å². The summed E-state index contributed by atoms with van der Waals surface area (Å²) in [5.74, 6) is -0.823. The summed E-state index contributed by atoms with van der Waals surface area (Å²) in [5.41, 5.74) is 0. The quantitative estimate of drug-likeness (QED) is 0.0867. The van der Waals surface area contributed by atoms with Crippen molar-refractivity contribution in [3.63, 3.8) is 0 Å². The highest BCUT2D eigenvalue weighted by Gasteiger charge is 2.58. The second-order valence-corrected chi connectivity index (χ2v) is 14.7. The van der Waals surface area contributed by atoms with Crippen LogP contribution >= 0.6 is 0 Å². The minimum absolute atomic E-state index is 0.823. The molecule has 332 valence electrons. The fourth-order valence-corrected chi connectivity index (χ4v) is 7.29. The van der Waals surface area contributed by atoms with Crippen LogP contribution in [0.2, 0.25) is 0 Å². The highest BCUT2D eigenvalue weighted by atomic mass is 16.8. The molecule has 5 heterocycles. The predicted octanol–water partition coefficient (Wildman–Crippen LogP) is -9.73. The van der Waals surface area contributed by atoms with Gasteiger partial charge < -0.3 is 119 Å². The van der Waals surface area contributed by atoms with Crippen LogP contribution in [-0.2, 0) is 47.4 Å². The number of aliphatic hydroxyl groups is 14. The van der Waals surface area contributed by atoms with E-state index in [1.54, 1.807) is 0 Å². The van der Waals surface area contributed by atoms with Crippen LogP contribution in [0.1, 0.15) is 20.8 Å². The summed E-state index contributed by atoms with van der Waals surface area (Å²) in [5, 5.41) is 150. The van der Waals surface area contributed by atoms with Crippen molar-refractivity contribution >= 4 is 5.91 Å². The average molecular weight is 838 g/mol. The molecule has 0 aromatic heterocycles. The molecule has 57 heavy (non-hydrogen) atoms. The first kappa shape index (κ1) is 46.6. The van der Waals surface area contributed by atoms with E-state index in [0.717, 1.165) is 6.92 Å². The number of hydrogen-bond donors (Lipinski definition) is 15. The SMILES string of the molecule is CC(=O)NC1C(OC2C(O)C(O)OC(CO)C2O)OC(CO)[C@H](OC2OC(C)[C@@H](O)[C@H](O)C2O)C1OC1OC(CO)[C@H](O)C(O)C1OC1OC(C)C(O)C(O)C1O. The second kappa shape index (κ2) is 19.5. The van der Waals surface area contributed by atoms with E-state index >= 15 is 0 Å². The summed E-state index contributed by atoms with van der Waals surface area (Å²) in [4.78, 5) is 12.8. The third kappa shape index (κ3) is 9.71. The normalized spacial score (nSPS) is 52.3. The summed E-state index contributed by atoms with van der Waals surface area (Å²) in [6, 6.07) is -1.73. The molecule has 0 radical (unpaired) electrons. The van der Waals surface area contributed by atoms with Crippen molar-refractivity contribution in [3.8, 4) is 0 Å². The molecule has 5 saturated heterocycles. The van der Waals surface area contributed by atoms with Crippen molar-refractivity contribution in [2.24, 2.45) is 0 Å². The van der Waals surface area contributed by atoms with Crippen LogP contribution in [-0.4, -0.2) is 251 Å². The van der Waals surface area contributed by atoms with E-state index < -0.39 is 179 Å². The summed E-state index contributed by atoms with van der Waals surface area (Å²) < 4.78 is 51.9. The van der Waals surface area contributed by atoms with Gasteiger partial charge in [0.2, 0.25) is 5.91 Å². The van der Waals surface area contributed by atoms with E-state index in [1.165, 1.54) is 13.8 Å². The zero-order valence-electron chi connectivity index (χ0n) is 30.9. The molecule has 0 aliphatic carbocycles. The number of rotatable bonds is 12. The lowest BCUT2D eigenvalue weighted by Crippen LogP contribution is -2.71.